The third-order valence-corrected chi connectivity index (χ3v) is 5.75. The number of aromatic nitrogens is 5. The van der Waals surface area contributed by atoms with Gasteiger partial charge in [-0.2, -0.15) is 5.10 Å². The van der Waals surface area contributed by atoms with Crippen LogP contribution in [0.2, 0.25) is 0 Å². The van der Waals surface area contributed by atoms with Crippen LogP contribution in [0.25, 0.3) is 11.3 Å². The second-order valence-electron chi connectivity index (χ2n) is 6.91. The summed E-state index contributed by atoms with van der Waals surface area (Å²) >= 11 is 1.58. The van der Waals surface area contributed by atoms with Gasteiger partial charge in [0.25, 0.3) is 0 Å². The van der Waals surface area contributed by atoms with Crippen molar-refractivity contribution >= 4 is 17.2 Å². The molecule has 140 valence electrons. The Balaban J connectivity index is 1.29. The average Bonchev–Trinajstić information content (AvgIpc) is 3.32. The maximum Gasteiger partial charge on any atom is 0.226 e. The maximum absolute atomic E-state index is 12.2. The molecule has 8 heteroatoms. The lowest BCUT2D eigenvalue weighted by atomic mass is 9.91. The molecule has 3 heterocycles. The molecule has 1 fully saturated rings. The summed E-state index contributed by atoms with van der Waals surface area (Å²) in [7, 11) is 0. The highest BCUT2D eigenvalue weighted by Crippen LogP contribution is 2.29. The highest BCUT2D eigenvalue weighted by Gasteiger charge is 2.24. The number of carbonyl (C=O) groups is 1. The fourth-order valence-electron chi connectivity index (χ4n) is 3.55. The molecule has 0 bridgehead atoms. The second-order valence-corrected chi connectivity index (χ2v) is 7.97. The fourth-order valence-corrected chi connectivity index (χ4v) is 4.16. The SMILES string of the molecule is Cc1nc(CC(=O)NC2CCC(n3cc(-c4ccncn4)cn3)CC2)cs1. The van der Waals surface area contributed by atoms with Crippen LogP contribution in [0, 0.1) is 6.92 Å². The minimum atomic E-state index is 0.0638. The lowest BCUT2D eigenvalue weighted by Gasteiger charge is -2.29. The summed E-state index contributed by atoms with van der Waals surface area (Å²) in [5.41, 5.74) is 2.75. The quantitative estimate of drug-likeness (QED) is 0.733. The van der Waals surface area contributed by atoms with Gasteiger partial charge in [0.1, 0.15) is 6.33 Å². The first-order chi connectivity index (χ1) is 13.2. The molecule has 1 aliphatic carbocycles. The van der Waals surface area contributed by atoms with Crippen molar-refractivity contribution in [3.05, 3.63) is 47.1 Å². The van der Waals surface area contributed by atoms with Gasteiger partial charge in [-0.15, -0.1) is 11.3 Å². The van der Waals surface area contributed by atoms with Crippen LogP contribution in [0.15, 0.2) is 36.4 Å². The Morgan fingerprint density at radius 1 is 1.33 bits per heavy atom. The maximum atomic E-state index is 12.2. The third kappa shape index (κ3) is 4.39. The number of nitrogens with one attached hydrogen (secondary N) is 1. The summed E-state index contributed by atoms with van der Waals surface area (Å²) in [4.78, 5) is 24.8. The van der Waals surface area contributed by atoms with Crippen LogP contribution in [0.1, 0.15) is 42.4 Å². The van der Waals surface area contributed by atoms with Crippen LogP contribution < -0.4 is 5.32 Å². The number of rotatable bonds is 5. The summed E-state index contributed by atoms with van der Waals surface area (Å²) in [6, 6.07) is 2.50. The smallest absolute Gasteiger partial charge is 0.226 e. The minimum Gasteiger partial charge on any atom is -0.353 e. The Hall–Kier alpha value is -2.61. The Kier molecular flexibility index (Phi) is 5.24. The molecule has 1 aliphatic rings. The predicted octanol–water partition coefficient (Wildman–Crippen LogP) is 2.95. The molecule has 0 aliphatic heterocycles. The van der Waals surface area contributed by atoms with Gasteiger partial charge in [0.2, 0.25) is 5.91 Å². The monoisotopic (exact) mass is 382 g/mol. The summed E-state index contributed by atoms with van der Waals surface area (Å²) in [6.07, 6.45) is 11.5. The minimum absolute atomic E-state index is 0.0638. The van der Waals surface area contributed by atoms with Gasteiger partial charge >= 0.3 is 0 Å². The van der Waals surface area contributed by atoms with Crippen molar-refractivity contribution in [2.75, 3.05) is 0 Å². The first-order valence-electron chi connectivity index (χ1n) is 9.18. The van der Waals surface area contributed by atoms with Crippen molar-refractivity contribution < 1.29 is 4.79 Å². The van der Waals surface area contributed by atoms with Gasteiger partial charge in [0, 0.05) is 29.4 Å². The van der Waals surface area contributed by atoms with Gasteiger partial charge in [-0.3, -0.25) is 9.48 Å². The van der Waals surface area contributed by atoms with Crippen molar-refractivity contribution in [2.45, 2.75) is 51.1 Å². The van der Waals surface area contributed by atoms with Crippen LogP contribution in [-0.2, 0) is 11.2 Å². The lowest BCUT2D eigenvalue weighted by molar-refractivity contribution is -0.121. The third-order valence-electron chi connectivity index (χ3n) is 4.92. The van der Waals surface area contributed by atoms with Crippen molar-refractivity contribution in [2.24, 2.45) is 0 Å². The first-order valence-corrected chi connectivity index (χ1v) is 10.1. The molecule has 3 aromatic heterocycles. The normalized spacial score (nSPS) is 19.7. The Bertz CT molecular complexity index is 898. The lowest BCUT2D eigenvalue weighted by Crippen LogP contribution is -2.38. The van der Waals surface area contributed by atoms with Crippen LogP contribution in [0.5, 0.6) is 0 Å². The van der Waals surface area contributed by atoms with Gasteiger partial charge in [-0.1, -0.05) is 0 Å². The van der Waals surface area contributed by atoms with E-state index in [1.54, 1.807) is 23.9 Å². The number of carbonyl (C=O) groups excluding carboxylic acids is 1. The molecule has 0 atom stereocenters. The van der Waals surface area contributed by atoms with Crippen LogP contribution in [-0.4, -0.2) is 36.7 Å². The first kappa shape index (κ1) is 17.8. The number of hydrogen-bond donors (Lipinski definition) is 1. The molecule has 3 aromatic rings. The molecule has 0 saturated heterocycles. The summed E-state index contributed by atoms with van der Waals surface area (Å²) in [6.45, 7) is 1.96. The standard InChI is InChI=1S/C19H22N6OS/c1-13-23-16(11-27-13)8-19(26)24-15-2-4-17(5-3-15)25-10-14(9-22-25)18-6-7-20-12-21-18/h6-7,9-12,15,17H,2-5,8H2,1H3,(H,24,26). The molecular weight excluding hydrogens is 360 g/mol. The number of aryl methyl sites for hydroxylation is 1. The van der Waals surface area contributed by atoms with E-state index in [0.29, 0.717) is 12.5 Å². The van der Waals surface area contributed by atoms with Crippen molar-refractivity contribution in [1.82, 2.24) is 30.0 Å². The summed E-state index contributed by atoms with van der Waals surface area (Å²) in [5.74, 6) is 0.0638. The molecule has 1 amide bonds. The van der Waals surface area contributed by atoms with E-state index in [4.69, 9.17) is 0 Å². The molecule has 0 aromatic carbocycles. The molecule has 0 unspecified atom stereocenters. The molecule has 1 N–H and O–H groups in total. The van der Waals surface area contributed by atoms with Gasteiger partial charge < -0.3 is 5.32 Å². The Morgan fingerprint density at radius 3 is 2.89 bits per heavy atom. The van der Waals surface area contributed by atoms with Crippen LogP contribution in [0.4, 0.5) is 0 Å². The van der Waals surface area contributed by atoms with E-state index in [2.05, 4.69) is 31.6 Å². The molecule has 27 heavy (non-hydrogen) atoms. The van der Waals surface area contributed by atoms with Gasteiger partial charge in [-0.05, 0) is 38.7 Å². The van der Waals surface area contributed by atoms with E-state index in [-0.39, 0.29) is 11.9 Å². The summed E-state index contributed by atoms with van der Waals surface area (Å²) < 4.78 is 2.04. The van der Waals surface area contributed by atoms with Crippen molar-refractivity contribution in [1.29, 1.82) is 0 Å². The predicted molar refractivity (Wildman–Crippen MR) is 103 cm³/mol. The van der Waals surface area contributed by atoms with Crippen LogP contribution in [0.3, 0.4) is 0 Å². The molecule has 7 nitrogen and oxygen atoms in total. The summed E-state index contributed by atoms with van der Waals surface area (Å²) in [5, 5.41) is 10.6. The van der Waals surface area contributed by atoms with E-state index in [1.807, 2.05) is 29.2 Å². The number of nitrogens with zero attached hydrogens (tertiary/aromatic N) is 5. The highest BCUT2D eigenvalue weighted by molar-refractivity contribution is 7.09. The van der Waals surface area contributed by atoms with Crippen LogP contribution >= 0.6 is 11.3 Å². The van der Waals surface area contributed by atoms with E-state index in [1.165, 1.54) is 0 Å². The van der Waals surface area contributed by atoms with E-state index in [0.717, 1.165) is 47.6 Å². The highest BCUT2D eigenvalue weighted by atomic mass is 32.1. The molecule has 4 rings (SSSR count). The van der Waals surface area contributed by atoms with Crippen molar-refractivity contribution in [3.8, 4) is 11.3 Å². The van der Waals surface area contributed by atoms with Gasteiger partial charge in [0.15, 0.2) is 0 Å². The molecule has 0 radical (unpaired) electrons. The van der Waals surface area contributed by atoms with Gasteiger partial charge in [-0.25, -0.2) is 15.0 Å². The molecule has 1 saturated carbocycles. The van der Waals surface area contributed by atoms with E-state index < -0.39 is 0 Å². The Morgan fingerprint density at radius 2 is 2.19 bits per heavy atom. The fraction of sp³-hybridized carbons (Fsp3) is 0.421. The zero-order valence-electron chi connectivity index (χ0n) is 15.2. The number of hydrogen-bond acceptors (Lipinski definition) is 6. The zero-order valence-corrected chi connectivity index (χ0v) is 16.0. The number of amides is 1. The Labute approximate surface area is 161 Å². The second kappa shape index (κ2) is 7.96. The van der Waals surface area contributed by atoms with Crippen molar-refractivity contribution in [3.63, 3.8) is 0 Å². The average molecular weight is 382 g/mol. The largest absolute Gasteiger partial charge is 0.353 e. The molecule has 0 spiro atoms. The molecular formula is C19H22N6OS. The van der Waals surface area contributed by atoms with E-state index in [9.17, 15) is 4.79 Å². The van der Waals surface area contributed by atoms with Gasteiger partial charge in [0.05, 0.1) is 35.1 Å². The number of thiazole rings is 1. The zero-order chi connectivity index (χ0) is 18.6. The topological polar surface area (TPSA) is 85.6 Å². The van der Waals surface area contributed by atoms with E-state index >= 15 is 0 Å².